The van der Waals surface area contributed by atoms with E-state index in [-0.39, 0.29) is 24.3 Å². The fourth-order valence-electron chi connectivity index (χ4n) is 3.72. The molecule has 4 heterocycles. The van der Waals surface area contributed by atoms with Crippen LogP contribution in [0.25, 0.3) is 11.3 Å². The van der Waals surface area contributed by atoms with Crippen LogP contribution in [-0.2, 0) is 13.0 Å². The van der Waals surface area contributed by atoms with Crippen molar-refractivity contribution >= 4 is 0 Å². The Labute approximate surface area is 178 Å². The van der Waals surface area contributed by atoms with E-state index in [0.717, 1.165) is 29.0 Å². The van der Waals surface area contributed by atoms with Gasteiger partial charge < -0.3 is 18.9 Å². The summed E-state index contributed by atoms with van der Waals surface area (Å²) in [7, 11) is 0. The van der Waals surface area contributed by atoms with E-state index in [4.69, 9.17) is 18.9 Å². The van der Waals surface area contributed by atoms with E-state index in [1.165, 1.54) is 0 Å². The number of benzene rings is 1. The van der Waals surface area contributed by atoms with Crippen LogP contribution in [0, 0.1) is 0 Å². The van der Waals surface area contributed by atoms with Crippen LogP contribution in [-0.4, -0.2) is 40.5 Å². The molecule has 0 bridgehead atoms. The van der Waals surface area contributed by atoms with Gasteiger partial charge in [-0.25, -0.2) is 9.78 Å². The summed E-state index contributed by atoms with van der Waals surface area (Å²) in [5.74, 6) is 2.09. The van der Waals surface area contributed by atoms with Gasteiger partial charge in [-0.1, -0.05) is 12.7 Å². The van der Waals surface area contributed by atoms with E-state index >= 15 is 0 Å². The van der Waals surface area contributed by atoms with Crippen LogP contribution in [0.15, 0.2) is 60.0 Å². The Balaban J connectivity index is 1.35. The smallest absolute Gasteiger partial charge is 0.351 e. The normalized spacial score (nSPS) is 16.1. The molecule has 0 aliphatic carbocycles. The highest BCUT2D eigenvalue weighted by molar-refractivity contribution is 5.67. The van der Waals surface area contributed by atoms with Crippen molar-refractivity contribution in [3.63, 3.8) is 0 Å². The van der Waals surface area contributed by atoms with Gasteiger partial charge in [0.05, 0.1) is 5.69 Å². The Morgan fingerprint density at radius 3 is 3.10 bits per heavy atom. The van der Waals surface area contributed by atoms with Gasteiger partial charge >= 0.3 is 5.69 Å². The van der Waals surface area contributed by atoms with Gasteiger partial charge in [-0.05, 0) is 42.3 Å². The van der Waals surface area contributed by atoms with Crippen molar-refractivity contribution in [3.05, 3.63) is 71.3 Å². The first-order chi connectivity index (χ1) is 15.2. The van der Waals surface area contributed by atoms with E-state index in [1.54, 1.807) is 35.0 Å². The summed E-state index contributed by atoms with van der Waals surface area (Å²) in [6.07, 6.45) is 3.76. The molecule has 5 rings (SSSR count). The predicted molar refractivity (Wildman–Crippen MR) is 113 cm³/mol. The lowest BCUT2D eigenvalue weighted by Crippen LogP contribution is -2.35. The molecule has 0 amide bonds. The average Bonchev–Trinajstić information content (AvgIpc) is 2.81. The third-order valence-corrected chi connectivity index (χ3v) is 5.17. The van der Waals surface area contributed by atoms with Crippen LogP contribution in [0.1, 0.15) is 5.56 Å². The molecule has 8 nitrogen and oxygen atoms in total. The maximum absolute atomic E-state index is 12.6. The molecule has 0 saturated carbocycles. The number of fused-ring (bicyclic) bond motifs is 4. The van der Waals surface area contributed by atoms with Crippen molar-refractivity contribution in [1.82, 2.24) is 14.5 Å². The SMILES string of the molecule is C=CCOc1ccc2c(c1)CCn1c-2cc(OCC2COc3ncccc3O2)nc1=O. The third-order valence-electron chi connectivity index (χ3n) is 5.17. The second-order valence-corrected chi connectivity index (χ2v) is 7.25. The minimum absolute atomic E-state index is 0.200. The van der Waals surface area contributed by atoms with Crippen LogP contribution in [0.4, 0.5) is 0 Å². The van der Waals surface area contributed by atoms with Crippen LogP contribution in [0.5, 0.6) is 23.3 Å². The Hall–Kier alpha value is -3.81. The highest BCUT2D eigenvalue weighted by Crippen LogP contribution is 2.33. The number of aryl methyl sites for hydroxylation is 1. The summed E-state index contributed by atoms with van der Waals surface area (Å²) in [6, 6.07) is 11.2. The minimum Gasteiger partial charge on any atom is -0.490 e. The summed E-state index contributed by atoms with van der Waals surface area (Å²) < 4.78 is 24.6. The van der Waals surface area contributed by atoms with Gasteiger partial charge in [-0.3, -0.25) is 4.57 Å². The van der Waals surface area contributed by atoms with Crippen molar-refractivity contribution in [2.75, 3.05) is 19.8 Å². The van der Waals surface area contributed by atoms with E-state index < -0.39 is 0 Å². The lowest BCUT2D eigenvalue weighted by Gasteiger charge is -2.25. The molecule has 0 fully saturated rings. The molecule has 158 valence electrons. The molecule has 8 heteroatoms. The Kier molecular flexibility index (Phi) is 5.03. The Morgan fingerprint density at radius 2 is 2.19 bits per heavy atom. The molecule has 2 aliphatic rings. The topological polar surface area (TPSA) is 84.7 Å². The quantitative estimate of drug-likeness (QED) is 0.568. The van der Waals surface area contributed by atoms with E-state index in [0.29, 0.717) is 31.4 Å². The Bertz CT molecular complexity index is 1190. The first-order valence-corrected chi connectivity index (χ1v) is 10.1. The molecule has 1 atom stereocenters. The molecule has 3 aromatic rings. The van der Waals surface area contributed by atoms with Gasteiger partial charge in [-0.15, -0.1) is 0 Å². The molecule has 0 radical (unpaired) electrons. The molecule has 1 aromatic carbocycles. The molecule has 0 saturated heterocycles. The standard InChI is InChI=1S/C23H21N3O5/c1-2-10-28-16-5-6-18-15(11-16)7-9-26-19(18)12-21(25-23(26)27)29-13-17-14-30-22-20(31-17)4-3-8-24-22/h2-6,8,11-12,17H,1,7,9-10,13-14H2. The fraction of sp³-hybridized carbons (Fsp3) is 0.261. The maximum atomic E-state index is 12.6. The van der Waals surface area contributed by atoms with E-state index in [1.807, 2.05) is 18.2 Å². The van der Waals surface area contributed by atoms with Crippen molar-refractivity contribution < 1.29 is 18.9 Å². The monoisotopic (exact) mass is 419 g/mol. The van der Waals surface area contributed by atoms with Crippen molar-refractivity contribution in [2.45, 2.75) is 19.1 Å². The van der Waals surface area contributed by atoms with Crippen LogP contribution < -0.4 is 24.6 Å². The molecule has 31 heavy (non-hydrogen) atoms. The number of aromatic nitrogens is 3. The second kappa shape index (κ2) is 8.14. The summed E-state index contributed by atoms with van der Waals surface area (Å²) in [4.78, 5) is 20.8. The number of hydrogen-bond acceptors (Lipinski definition) is 7. The Morgan fingerprint density at radius 1 is 1.26 bits per heavy atom. The molecular weight excluding hydrogens is 398 g/mol. The minimum atomic E-state index is -0.333. The van der Waals surface area contributed by atoms with Crippen molar-refractivity contribution in [3.8, 4) is 34.5 Å². The predicted octanol–water partition coefficient (Wildman–Crippen LogP) is 2.65. The van der Waals surface area contributed by atoms with E-state index in [9.17, 15) is 4.79 Å². The van der Waals surface area contributed by atoms with Crippen LogP contribution in [0.2, 0.25) is 0 Å². The van der Waals surface area contributed by atoms with Gasteiger partial charge in [0.1, 0.15) is 25.6 Å². The number of ether oxygens (including phenoxy) is 4. The molecule has 0 spiro atoms. The summed E-state index contributed by atoms with van der Waals surface area (Å²) in [5.41, 5.74) is 2.53. The largest absolute Gasteiger partial charge is 0.490 e. The van der Waals surface area contributed by atoms with Gasteiger partial charge in [-0.2, -0.15) is 4.98 Å². The first kappa shape index (κ1) is 19.2. The van der Waals surface area contributed by atoms with Crippen molar-refractivity contribution in [2.24, 2.45) is 0 Å². The third kappa shape index (κ3) is 3.84. The maximum Gasteiger partial charge on any atom is 0.351 e. The van der Waals surface area contributed by atoms with Gasteiger partial charge in [0.25, 0.3) is 5.88 Å². The zero-order chi connectivity index (χ0) is 21.2. The molecular formula is C23H21N3O5. The number of hydrogen-bond donors (Lipinski definition) is 0. The number of rotatable bonds is 6. The summed E-state index contributed by atoms with van der Waals surface area (Å²) in [5, 5.41) is 0. The fourth-order valence-corrected chi connectivity index (χ4v) is 3.72. The second-order valence-electron chi connectivity index (χ2n) is 7.25. The summed E-state index contributed by atoms with van der Waals surface area (Å²) >= 11 is 0. The molecule has 0 N–H and O–H groups in total. The number of pyridine rings is 1. The van der Waals surface area contributed by atoms with Crippen molar-refractivity contribution in [1.29, 1.82) is 0 Å². The highest BCUT2D eigenvalue weighted by atomic mass is 16.6. The summed E-state index contributed by atoms with van der Waals surface area (Å²) in [6.45, 7) is 5.19. The lowest BCUT2D eigenvalue weighted by molar-refractivity contribution is 0.0486. The lowest BCUT2D eigenvalue weighted by atomic mass is 9.97. The molecule has 2 aromatic heterocycles. The average molecular weight is 419 g/mol. The van der Waals surface area contributed by atoms with Gasteiger partial charge in [0, 0.05) is 24.4 Å². The van der Waals surface area contributed by atoms with Gasteiger partial charge in [0.2, 0.25) is 5.88 Å². The first-order valence-electron chi connectivity index (χ1n) is 10.1. The highest BCUT2D eigenvalue weighted by Gasteiger charge is 2.24. The zero-order valence-corrected chi connectivity index (χ0v) is 16.8. The van der Waals surface area contributed by atoms with E-state index in [2.05, 4.69) is 16.5 Å². The zero-order valence-electron chi connectivity index (χ0n) is 16.8. The van der Waals surface area contributed by atoms with Crippen LogP contribution in [0.3, 0.4) is 0 Å². The number of nitrogens with zero attached hydrogens (tertiary/aromatic N) is 3. The van der Waals surface area contributed by atoms with Gasteiger partial charge in [0.15, 0.2) is 11.9 Å². The molecule has 1 unspecified atom stereocenters. The molecule has 2 aliphatic heterocycles. The van der Waals surface area contributed by atoms with Crippen LogP contribution >= 0.6 is 0 Å².